The zero-order valence-corrected chi connectivity index (χ0v) is 23.4. The number of hydrogen-bond acceptors (Lipinski definition) is 6. The Morgan fingerprint density at radius 3 is 2.32 bits per heavy atom. The summed E-state index contributed by atoms with van der Waals surface area (Å²) in [7, 11) is -3.87. The molecular weight excluding hydrogens is 518 g/mol. The summed E-state index contributed by atoms with van der Waals surface area (Å²) < 4.78 is 37.8. The summed E-state index contributed by atoms with van der Waals surface area (Å²) in [5.74, 6) is 0.0190. The molecule has 0 radical (unpaired) electrons. The molecule has 37 heavy (non-hydrogen) atoms. The molecule has 0 bridgehead atoms. The van der Waals surface area contributed by atoms with Gasteiger partial charge in [0.05, 0.1) is 11.9 Å². The van der Waals surface area contributed by atoms with Crippen LogP contribution in [0.1, 0.15) is 39.7 Å². The smallest absolute Gasteiger partial charge is 0.244 e. The van der Waals surface area contributed by atoms with Crippen LogP contribution in [0.2, 0.25) is 5.02 Å². The fourth-order valence-electron chi connectivity index (χ4n) is 3.98. The van der Waals surface area contributed by atoms with Crippen LogP contribution in [-0.2, 0) is 26.2 Å². The second-order valence-electron chi connectivity index (χ2n) is 9.87. The van der Waals surface area contributed by atoms with Crippen LogP contribution in [0.15, 0.2) is 42.5 Å². The summed E-state index contributed by atoms with van der Waals surface area (Å²) in [5.41, 5.74) is 0.378. The molecule has 1 atom stereocenters. The summed E-state index contributed by atoms with van der Waals surface area (Å²) in [6, 6.07) is 10.9. The third kappa shape index (κ3) is 7.52. The number of hydrogen-bond donors (Lipinski definition) is 1. The van der Waals surface area contributed by atoms with Gasteiger partial charge in [0.25, 0.3) is 0 Å². The van der Waals surface area contributed by atoms with Crippen LogP contribution in [-0.4, -0.2) is 62.7 Å². The Labute approximate surface area is 223 Å². The highest BCUT2D eigenvalue weighted by Gasteiger charge is 2.33. The second-order valence-corrected chi connectivity index (χ2v) is 12.2. The van der Waals surface area contributed by atoms with Gasteiger partial charge in [-0.3, -0.25) is 13.9 Å². The van der Waals surface area contributed by atoms with E-state index in [2.05, 4.69) is 5.32 Å². The highest BCUT2D eigenvalue weighted by Crippen LogP contribution is 2.35. The Hall–Kier alpha value is -2.98. The highest BCUT2D eigenvalue weighted by atomic mass is 35.5. The van der Waals surface area contributed by atoms with Gasteiger partial charge >= 0.3 is 0 Å². The lowest BCUT2D eigenvalue weighted by Gasteiger charge is -2.34. The van der Waals surface area contributed by atoms with Gasteiger partial charge in [-0.1, -0.05) is 36.7 Å². The lowest BCUT2D eigenvalue weighted by molar-refractivity contribution is -0.141. The first kappa shape index (κ1) is 28.6. The minimum absolute atomic E-state index is 0.0350. The molecule has 0 saturated heterocycles. The van der Waals surface area contributed by atoms with E-state index in [-0.39, 0.29) is 18.1 Å². The van der Waals surface area contributed by atoms with Crippen molar-refractivity contribution in [2.75, 3.05) is 30.3 Å². The maximum Gasteiger partial charge on any atom is 0.244 e. The number of halogens is 1. The van der Waals surface area contributed by atoms with Gasteiger partial charge in [0.1, 0.15) is 25.8 Å². The van der Waals surface area contributed by atoms with Gasteiger partial charge < -0.3 is 19.7 Å². The fourth-order valence-corrected chi connectivity index (χ4v) is 5.02. The average molecular weight is 552 g/mol. The van der Waals surface area contributed by atoms with Crippen molar-refractivity contribution in [3.05, 3.63) is 53.1 Å². The molecule has 9 nitrogen and oxygen atoms in total. The van der Waals surface area contributed by atoms with Crippen molar-refractivity contribution in [2.45, 2.75) is 52.2 Å². The van der Waals surface area contributed by atoms with Gasteiger partial charge in [0, 0.05) is 23.2 Å². The zero-order valence-electron chi connectivity index (χ0n) is 21.8. The van der Waals surface area contributed by atoms with Crippen molar-refractivity contribution in [1.29, 1.82) is 0 Å². The summed E-state index contributed by atoms with van der Waals surface area (Å²) in [6.07, 6.45) is 1.35. The third-order valence-electron chi connectivity index (χ3n) is 5.68. The minimum atomic E-state index is -3.87. The van der Waals surface area contributed by atoms with Gasteiger partial charge in [-0.25, -0.2) is 8.42 Å². The number of carbonyl (C=O) groups excluding carboxylic acids is 2. The van der Waals surface area contributed by atoms with Crippen LogP contribution < -0.4 is 19.1 Å². The van der Waals surface area contributed by atoms with Crippen molar-refractivity contribution < 1.29 is 27.5 Å². The first-order chi connectivity index (χ1) is 17.3. The van der Waals surface area contributed by atoms with Crippen LogP contribution in [0.25, 0.3) is 0 Å². The molecule has 0 saturated carbocycles. The molecule has 0 aromatic heterocycles. The average Bonchev–Trinajstić information content (AvgIpc) is 2.81. The number of carbonyl (C=O) groups is 2. The Bertz CT molecular complexity index is 1250. The number of sulfonamides is 1. The second kappa shape index (κ2) is 11.6. The molecule has 2 aromatic carbocycles. The normalized spacial score (nSPS) is 14.0. The molecular formula is C26H34ClN3O6S. The van der Waals surface area contributed by atoms with Crippen LogP contribution in [0, 0.1) is 0 Å². The van der Waals surface area contributed by atoms with Gasteiger partial charge in [0.2, 0.25) is 21.8 Å². The topological polar surface area (TPSA) is 105 Å². The molecule has 0 unspecified atom stereocenters. The first-order valence-corrected chi connectivity index (χ1v) is 14.2. The molecule has 3 rings (SSSR count). The molecule has 2 aromatic rings. The van der Waals surface area contributed by atoms with E-state index in [1.54, 1.807) is 43.3 Å². The van der Waals surface area contributed by atoms with E-state index in [1.165, 1.54) is 11.0 Å². The summed E-state index contributed by atoms with van der Waals surface area (Å²) in [6.45, 7) is 7.61. The zero-order chi connectivity index (χ0) is 27.4. The first-order valence-electron chi connectivity index (χ1n) is 12.0. The third-order valence-corrected chi connectivity index (χ3v) is 7.18. The van der Waals surface area contributed by atoms with E-state index in [9.17, 15) is 18.0 Å². The number of amides is 2. The molecule has 0 spiro atoms. The summed E-state index contributed by atoms with van der Waals surface area (Å²) >= 11 is 6.38. The quantitative estimate of drug-likeness (QED) is 0.510. The summed E-state index contributed by atoms with van der Waals surface area (Å²) in [5, 5.41) is 3.37. The molecule has 202 valence electrons. The predicted octanol–water partition coefficient (Wildman–Crippen LogP) is 3.60. The lowest BCUT2D eigenvalue weighted by atomic mass is 10.1. The maximum absolute atomic E-state index is 13.8. The molecule has 1 aliphatic heterocycles. The van der Waals surface area contributed by atoms with E-state index in [0.717, 1.165) is 10.6 Å². The van der Waals surface area contributed by atoms with Crippen LogP contribution >= 0.6 is 11.6 Å². The number of benzene rings is 2. The van der Waals surface area contributed by atoms with Gasteiger partial charge in [0.15, 0.2) is 11.5 Å². The standard InChI is InChI=1S/C26H34ClN3O6S/c1-6-21(25(32)28-26(2,3)4)29(16-18-9-7-8-10-20(18)27)24(31)17-30(37(5,33)34)19-11-12-22-23(15-19)36-14-13-35-22/h7-12,15,21H,6,13-14,16-17H2,1-5H3,(H,28,32)/t21-/m0/s1. The number of ether oxygens (including phenoxy) is 2. The molecule has 11 heteroatoms. The SMILES string of the molecule is CC[C@@H](C(=O)NC(C)(C)C)N(Cc1ccccc1Cl)C(=O)CN(c1ccc2c(c1)OCCO2)S(C)(=O)=O. The molecule has 1 heterocycles. The van der Waals surface area contributed by atoms with Crippen LogP contribution in [0.3, 0.4) is 0 Å². The van der Waals surface area contributed by atoms with E-state index < -0.39 is 34.1 Å². The monoisotopic (exact) mass is 551 g/mol. The van der Waals surface area contributed by atoms with Crippen molar-refractivity contribution in [3.63, 3.8) is 0 Å². The maximum atomic E-state index is 13.8. The van der Waals surface area contributed by atoms with Crippen molar-refractivity contribution >= 4 is 39.1 Å². The van der Waals surface area contributed by atoms with Crippen LogP contribution in [0.4, 0.5) is 5.69 Å². The minimum Gasteiger partial charge on any atom is -0.486 e. The Morgan fingerprint density at radius 1 is 1.08 bits per heavy atom. The van der Waals surface area contributed by atoms with E-state index in [4.69, 9.17) is 21.1 Å². The van der Waals surface area contributed by atoms with Gasteiger partial charge in [-0.2, -0.15) is 0 Å². The van der Waals surface area contributed by atoms with Crippen molar-refractivity contribution in [2.24, 2.45) is 0 Å². The molecule has 0 aliphatic carbocycles. The Balaban J connectivity index is 1.98. The number of anilines is 1. The largest absolute Gasteiger partial charge is 0.486 e. The molecule has 1 N–H and O–H groups in total. The van der Waals surface area contributed by atoms with Crippen molar-refractivity contribution in [3.8, 4) is 11.5 Å². The van der Waals surface area contributed by atoms with Crippen LogP contribution in [0.5, 0.6) is 11.5 Å². The van der Waals surface area contributed by atoms with E-state index in [1.807, 2.05) is 20.8 Å². The number of rotatable bonds is 9. The lowest BCUT2D eigenvalue weighted by Crippen LogP contribution is -2.55. The molecule has 2 amide bonds. The van der Waals surface area contributed by atoms with Gasteiger partial charge in [-0.05, 0) is 51.0 Å². The van der Waals surface area contributed by atoms with Gasteiger partial charge in [-0.15, -0.1) is 0 Å². The number of nitrogens with one attached hydrogen (secondary N) is 1. The Morgan fingerprint density at radius 2 is 1.73 bits per heavy atom. The molecule has 0 fully saturated rings. The summed E-state index contributed by atoms with van der Waals surface area (Å²) in [4.78, 5) is 28.4. The number of fused-ring (bicyclic) bond motifs is 1. The Kier molecular flexibility index (Phi) is 8.96. The predicted molar refractivity (Wildman–Crippen MR) is 144 cm³/mol. The number of nitrogens with zero attached hydrogens (tertiary/aromatic N) is 2. The van der Waals surface area contributed by atoms with Crippen molar-refractivity contribution in [1.82, 2.24) is 10.2 Å². The van der Waals surface area contributed by atoms with E-state index in [0.29, 0.717) is 41.7 Å². The highest BCUT2D eigenvalue weighted by molar-refractivity contribution is 7.92. The fraction of sp³-hybridized carbons (Fsp3) is 0.462. The van der Waals surface area contributed by atoms with E-state index >= 15 is 0 Å². The molecule has 1 aliphatic rings.